The van der Waals surface area contributed by atoms with Gasteiger partial charge in [-0.25, -0.2) is 4.98 Å². The Kier molecular flexibility index (Phi) is 4.56. The number of nitrogens with two attached hydrogens (primary N) is 1. The highest BCUT2D eigenvalue weighted by atomic mass is 35.5. The first kappa shape index (κ1) is 10.8. The third-order valence-electron chi connectivity index (χ3n) is 1.44. The van der Waals surface area contributed by atoms with Gasteiger partial charge in [-0.15, -0.1) is 0 Å². The van der Waals surface area contributed by atoms with Gasteiger partial charge in [-0.3, -0.25) is 0 Å². The van der Waals surface area contributed by atoms with Gasteiger partial charge in [-0.2, -0.15) is 11.8 Å². The van der Waals surface area contributed by atoms with E-state index in [2.05, 4.69) is 4.98 Å². The summed E-state index contributed by atoms with van der Waals surface area (Å²) in [6, 6.07) is 4.05. The van der Waals surface area contributed by atoms with Crippen LogP contribution in [0.2, 0.25) is 5.15 Å². The Morgan fingerprint density at radius 1 is 1.62 bits per heavy atom. The molecule has 1 aromatic heterocycles. The van der Waals surface area contributed by atoms with E-state index < -0.39 is 0 Å². The van der Waals surface area contributed by atoms with Gasteiger partial charge < -0.3 is 5.73 Å². The number of hydrogen-bond donors (Lipinski definition) is 1. The van der Waals surface area contributed by atoms with Crippen LogP contribution in [-0.4, -0.2) is 16.8 Å². The lowest BCUT2D eigenvalue weighted by Crippen LogP contribution is -2.17. The highest BCUT2D eigenvalue weighted by Gasteiger charge is 1.97. The third-order valence-corrected chi connectivity index (χ3v) is 2.96. The molecule has 13 heavy (non-hydrogen) atoms. The second-order valence-corrected chi connectivity index (χ2v) is 4.40. The van der Waals surface area contributed by atoms with Crippen molar-refractivity contribution in [3.05, 3.63) is 29.0 Å². The molecule has 0 amide bonds. The van der Waals surface area contributed by atoms with Crippen molar-refractivity contribution in [2.24, 2.45) is 5.73 Å². The molecular weight excluding hydrogens is 204 g/mol. The first-order valence-corrected chi connectivity index (χ1v) is 5.65. The molecule has 0 bridgehead atoms. The van der Waals surface area contributed by atoms with Crippen LogP contribution in [0.4, 0.5) is 0 Å². The fraction of sp³-hybridized carbons (Fsp3) is 0.444. The minimum atomic E-state index is 0.255. The number of pyridine rings is 1. The Labute approximate surface area is 87.9 Å². The minimum absolute atomic E-state index is 0.255. The van der Waals surface area contributed by atoms with Crippen LogP contribution in [0, 0.1) is 0 Å². The third kappa shape index (κ3) is 4.50. The summed E-state index contributed by atoms with van der Waals surface area (Å²) < 4.78 is 0. The van der Waals surface area contributed by atoms with Gasteiger partial charge in [0.15, 0.2) is 0 Å². The fourth-order valence-corrected chi connectivity index (χ4v) is 1.86. The number of halogens is 1. The second-order valence-electron chi connectivity index (χ2n) is 2.98. The molecule has 0 spiro atoms. The molecule has 0 aliphatic carbocycles. The average molecular weight is 217 g/mol. The molecule has 1 heterocycles. The molecule has 0 radical (unpaired) electrons. The summed E-state index contributed by atoms with van der Waals surface area (Å²) >= 11 is 7.47. The zero-order chi connectivity index (χ0) is 9.68. The van der Waals surface area contributed by atoms with Gasteiger partial charge in [0.2, 0.25) is 0 Å². The Bertz CT molecular complexity index is 248. The van der Waals surface area contributed by atoms with Crippen LogP contribution >= 0.6 is 23.4 Å². The van der Waals surface area contributed by atoms with Crippen LogP contribution in [-0.2, 0) is 5.75 Å². The van der Waals surface area contributed by atoms with Crippen LogP contribution in [0.15, 0.2) is 18.3 Å². The molecule has 1 rings (SSSR count). The summed E-state index contributed by atoms with van der Waals surface area (Å²) in [4.78, 5) is 4.00. The molecule has 0 aromatic carbocycles. The van der Waals surface area contributed by atoms with Gasteiger partial charge in [-0.05, 0) is 18.6 Å². The molecule has 0 aliphatic rings. The first-order valence-electron chi connectivity index (χ1n) is 4.12. The lowest BCUT2D eigenvalue weighted by atomic mass is 10.3. The molecule has 0 fully saturated rings. The predicted molar refractivity (Wildman–Crippen MR) is 59.1 cm³/mol. The molecule has 1 aromatic rings. The van der Waals surface area contributed by atoms with E-state index in [1.54, 1.807) is 6.20 Å². The number of thioether (sulfide) groups is 1. The molecule has 2 nitrogen and oxygen atoms in total. The van der Waals surface area contributed by atoms with Crippen LogP contribution in [0.25, 0.3) is 0 Å². The SMILES string of the molecule is CC(N)CSCc1ccc(Cl)nc1. The summed E-state index contributed by atoms with van der Waals surface area (Å²) in [5, 5.41) is 0.543. The van der Waals surface area contributed by atoms with Gasteiger partial charge >= 0.3 is 0 Å². The quantitative estimate of drug-likeness (QED) is 0.786. The van der Waals surface area contributed by atoms with Crippen molar-refractivity contribution in [1.82, 2.24) is 4.98 Å². The van der Waals surface area contributed by atoms with Crippen LogP contribution in [0.5, 0.6) is 0 Å². The Hall–Kier alpha value is -0.250. The number of hydrogen-bond acceptors (Lipinski definition) is 3. The van der Waals surface area contributed by atoms with E-state index in [4.69, 9.17) is 17.3 Å². The van der Waals surface area contributed by atoms with Crippen molar-refractivity contribution in [1.29, 1.82) is 0 Å². The molecule has 4 heteroatoms. The largest absolute Gasteiger partial charge is 0.327 e. The average Bonchev–Trinajstić information content (AvgIpc) is 2.08. The van der Waals surface area contributed by atoms with Crippen molar-refractivity contribution in [2.75, 3.05) is 5.75 Å². The smallest absolute Gasteiger partial charge is 0.129 e. The standard InChI is InChI=1S/C9H13ClN2S/c1-7(11)5-13-6-8-2-3-9(10)12-4-8/h2-4,7H,5-6,11H2,1H3. The van der Waals surface area contributed by atoms with Crippen molar-refractivity contribution in [3.8, 4) is 0 Å². The molecule has 0 aliphatic heterocycles. The van der Waals surface area contributed by atoms with E-state index >= 15 is 0 Å². The van der Waals surface area contributed by atoms with Crippen molar-refractivity contribution in [2.45, 2.75) is 18.7 Å². The van der Waals surface area contributed by atoms with Gasteiger partial charge in [0.05, 0.1) is 0 Å². The number of nitrogens with zero attached hydrogens (tertiary/aromatic N) is 1. The molecule has 1 atom stereocenters. The predicted octanol–water partition coefficient (Wildman–Crippen LogP) is 2.32. The van der Waals surface area contributed by atoms with Crippen LogP contribution in [0.3, 0.4) is 0 Å². The summed E-state index contributed by atoms with van der Waals surface area (Å²) in [6.45, 7) is 2.01. The Morgan fingerprint density at radius 3 is 2.92 bits per heavy atom. The minimum Gasteiger partial charge on any atom is -0.327 e. The summed E-state index contributed by atoms with van der Waals surface area (Å²) in [5.74, 6) is 1.92. The van der Waals surface area contributed by atoms with Gasteiger partial charge in [0, 0.05) is 23.7 Å². The van der Waals surface area contributed by atoms with Crippen molar-refractivity contribution >= 4 is 23.4 Å². The van der Waals surface area contributed by atoms with E-state index in [1.165, 1.54) is 5.56 Å². The molecule has 0 saturated heterocycles. The monoisotopic (exact) mass is 216 g/mol. The van der Waals surface area contributed by atoms with E-state index in [9.17, 15) is 0 Å². The topological polar surface area (TPSA) is 38.9 Å². The lowest BCUT2D eigenvalue weighted by molar-refractivity contribution is 0.847. The second kappa shape index (κ2) is 5.47. The van der Waals surface area contributed by atoms with E-state index in [-0.39, 0.29) is 6.04 Å². The zero-order valence-electron chi connectivity index (χ0n) is 7.53. The van der Waals surface area contributed by atoms with Crippen LogP contribution < -0.4 is 5.73 Å². The van der Waals surface area contributed by atoms with Crippen molar-refractivity contribution < 1.29 is 0 Å². The number of aromatic nitrogens is 1. The molecule has 0 saturated carbocycles. The van der Waals surface area contributed by atoms with Gasteiger partial charge in [0.25, 0.3) is 0 Å². The number of rotatable bonds is 4. The summed E-state index contributed by atoms with van der Waals surface area (Å²) in [6.07, 6.45) is 1.80. The maximum atomic E-state index is 5.66. The van der Waals surface area contributed by atoms with Crippen LogP contribution in [0.1, 0.15) is 12.5 Å². The Balaban J connectivity index is 2.33. The van der Waals surface area contributed by atoms with E-state index in [0.717, 1.165) is 11.5 Å². The maximum absolute atomic E-state index is 5.66. The Morgan fingerprint density at radius 2 is 2.38 bits per heavy atom. The molecule has 2 N–H and O–H groups in total. The van der Waals surface area contributed by atoms with Gasteiger partial charge in [-0.1, -0.05) is 17.7 Å². The lowest BCUT2D eigenvalue weighted by Gasteiger charge is -2.04. The van der Waals surface area contributed by atoms with Crippen molar-refractivity contribution in [3.63, 3.8) is 0 Å². The highest BCUT2D eigenvalue weighted by molar-refractivity contribution is 7.98. The van der Waals surface area contributed by atoms with E-state index in [0.29, 0.717) is 5.15 Å². The fourth-order valence-electron chi connectivity index (χ4n) is 0.854. The summed E-state index contributed by atoms with van der Waals surface area (Å²) in [7, 11) is 0. The normalized spacial score (nSPS) is 12.8. The van der Waals surface area contributed by atoms with E-state index in [1.807, 2.05) is 30.8 Å². The van der Waals surface area contributed by atoms with Gasteiger partial charge in [0.1, 0.15) is 5.15 Å². The maximum Gasteiger partial charge on any atom is 0.129 e. The molecule has 72 valence electrons. The molecule has 1 unspecified atom stereocenters. The highest BCUT2D eigenvalue weighted by Crippen LogP contribution is 2.13. The zero-order valence-corrected chi connectivity index (χ0v) is 9.11. The molecular formula is C9H13ClN2S. The first-order chi connectivity index (χ1) is 6.18. The summed E-state index contributed by atoms with van der Waals surface area (Å²) in [5.41, 5.74) is 6.81.